The largest absolute Gasteiger partial charge is 0.256 e. The van der Waals surface area contributed by atoms with E-state index < -0.39 is 0 Å². The molecule has 1 heterocycles. The van der Waals surface area contributed by atoms with Gasteiger partial charge in [-0.25, -0.2) is 9.13 Å². The predicted octanol–water partition coefficient (Wildman–Crippen LogP) is 11.8. The quantitative estimate of drug-likeness (QED) is 0.0734. The van der Waals surface area contributed by atoms with E-state index in [1.807, 2.05) is 0 Å². The van der Waals surface area contributed by atoms with Gasteiger partial charge in [0.05, 0.1) is 6.54 Å². The summed E-state index contributed by atoms with van der Waals surface area (Å²) < 4.78 is 5.09. The molecule has 0 aliphatic rings. The van der Waals surface area contributed by atoms with Crippen molar-refractivity contribution >= 4 is 0 Å². The van der Waals surface area contributed by atoms with E-state index in [1.54, 1.807) is 0 Å². The van der Waals surface area contributed by atoms with Gasteiger partial charge in [-0.3, -0.25) is 0 Å². The molecular weight excluding hydrogens is 484 g/mol. The second-order valence-corrected chi connectivity index (χ2v) is 12.5. The number of unbranched alkanes of at least 4 members (excludes halogenated alkanes) is 22. The monoisotopic (exact) mass is 552 g/mol. The molecule has 2 rings (SSSR count). The number of aryl methyl sites for hydroxylation is 1. The van der Waals surface area contributed by atoms with Crippen LogP contribution in [-0.4, -0.2) is 4.57 Å². The Morgan fingerprint density at radius 3 is 1.40 bits per heavy atom. The molecule has 0 saturated carbocycles. The van der Waals surface area contributed by atoms with Crippen molar-refractivity contribution in [2.45, 2.75) is 187 Å². The molecule has 0 bridgehead atoms. The number of rotatable bonds is 28. The fraction of sp³-hybridized carbons (Fsp3) is 0.763. The molecular formula is C38H67N2+. The lowest BCUT2D eigenvalue weighted by Crippen LogP contribution is -2.37. The van der Waals surface area contributed by atoms with Gasteiger partial charge in [0.2, 0.25) is 0 Å². The van der Waals surface area contributed by atoms with E-state index in [1.165, 1.54) is 178 Å². The molecule has 2 aromatic rings. The van der Waals surface area contributed by atoms with Crippen molar-refractivity contribution in [1.82, 2.24) is 4.57 Å². The van der Waals surface area contributed by atoms with E-state index >= 15 is 0 Å². The van der Waals surface area contributed by atoms with E-state index in [9.17, 15) is 0 Å². The van der Waals surface area contributed by atoms with E-state index in [2.05, 4.69) is 65.7 Å². The number of benzene rings is 1. The molecule has 0 aliphatic heterocycles. The molecule has 0 N–H and O–H groups in total. The minimum atomic E-state index is 0.999. The Kier molecular flexibility index (Phi) is 21.8. The minimum Gasteiger partial charge on any atom is -0.234 e. The Labute approximate surface area is 250 Å². The maximum atomic E-state index is 2.57. The smallest absolute Gasteiger partial charge is 0.234 e. The van der Waals surface area contributed by atoms with Gasteiger partial charge in [-0.05, 0) is 24.8 Å². The van der Waals surface area contributed by atoms with Gasteiger partial charge >= 0.3 is 0 Å². The van der Waals surface area contributed by atoms with Crippen LogP contribution in [0.1, 0.15) is 179 Å². The molecule has 40 heavy (non-hydrogen) atoms. The summed E-state index contributed by atoms with van der Waals surface area (Å²) in [4.78, 5) is 0. The van der Waals surface area contributed by atoms with Crippen LogP contribution in [0.5, 0.6) is 0 Å². The summed E-state index contributed by atoms with van der Waals surface area (Å²) in [6.07, 6.45) is 40.0. The van der Waals surface area contributed by atoms with Crippen molar-refractivity contribution in [1.29, 1.82) is 0 Å². The van der Waals surface area contributed by atoms with Gasteiger partial charge in [-0.2, -0.15) is 0 Å². The first-order valence-electron chi connectivity index (χ1n) is 18.0. The van der Waals surface area contributed by atoms with Gasteiger partial charge in [-0.1, -0.05) is 179 Å². The molecule has 1 aromatic heterocycles. The van der Waals surface area contributed by atoms with Crippen LogP contribution >= 0.6 is 0 Å². The standard InChI is InChI=1S/C38H67N2/c1-3-5-7-9-11-13-14-15-16-17-18-19-20-21-23-28-32-38-39(33-29-24-22-12-10-8-6-4-2)34-35-40(38)36-37-30-26-25-27-31-37/h25-27,30-31,34-35H,3-24,28-29,32-33,36H2,1-2H3/q+1. The lowest BCUT2D eigenvalue weighted by molar-refractivity contribution is -0.704. The van der Waals surface area contributed by atoms with E-state index in [0.717, 1.165) is 6.54 Å². The van der Waals surface area contributed by atoms with Crippen molar-refractivity contribution < 1.29 is 4.57 Å². The summed E-state index contributed by atoms with van der Waals surface area (Å²) in [6.45, 7) is 6.79. The highest BCUT2D eigenvalue weighted by Crippen LogP contribution is 2.15. The molecule has 0 aliphatic carbocycles. The van der Waals surface area contributed by atoms with Gasteiger partial charge in [0.15, 0.2) is 0 Å². The zero-order chi connectivity index (χ0) is 28.4. The maximum Gasteiger partial charge on any atom is 0.256 e. The van der Waals surface area contributed by atoms with Crippen LogP contribution in [0.3, 0.4) is 0 Å². The summed E-state index contributed by atoms with van der Waals surface area (Å²) in [6, 6.07) is 11.0. The van der Waals surface area contributed by atoms with Crippen LogP contribution in [0.15, 0.2) is 42.7 Å². The molecule has 2 heteroatoms. The zero-order valence-electron chi connectivity index (χ0n) is 27.0. The van der Waals surface area contributed by atoms with Crippen LogP contribution < -0.4 is 4.57 Å². The highest BCUT2D eigenvalue weighted by Gasteiger charge is 2.17. The maximum absolute atomic E-state index is 2.57. The van der Waals surface area contributed by atoms with Crippen LogP contribution in [0.4, 0.5) is 0 Å². The third-order valence-electron chi connectivity index (χ3n) is 8.79. The SMILES string of the molecule is CCCCCCCCCCCCCCCCCCc1n(Cc2ccccc2)cc[n+]1CCCCCCCCCC. The van der Waals surface area contributed by atoms with Gasteiger partial charge in [0.1, 0.15) is 18.9 Å². The van der Waals surface area contributed by atoms with Gasteiger partial charge < -0.3 is 0 Å². The average Bonchev–Trinajstić information content (AvgIpc) is 3.35. The van der Waals surface area contributed by atoms with E-state index in [0.29, 0.717) is 0 Å². The summed E-state index contributed by atoms with van der Waals surface area (Å²) >= 11 is 0. The van der Waals surface area contributed by atoms with Crippen molar-refractivity contribution in [2.24, 2.45) is 0 Å². The number of hydrogen-bond acceptors (Lipinski definition) is 0. The fourth-order valence-corrected chi connectivity index (χ4v) is 6.16. The Morgan fingerprint density at radius 1 is 0.500 bits per heavy atom. The summed E-state index contributed by atoms with van der Waals surface area (Å²) in [5.74, 6) is 1.54. The van der Waals surface area contributed by atoms with Gasteiger partial charge in [0.25, 0.3) is 5.82 Å². The number of aromatic nitrogens is 2. The zero-order valence-corrected chi connectivity index (χ0v) is 27.0. The Balaban J connectivity index is 1.59. The Bertz CT molecular complexity index is 793. The molecule has 0 atom stereocenters. The number of nitrogens with zero attached hydrogens (tertiary/aromatic N) is 2. The van der Waals surface area contributed by atoms with Crippen molar-refractivity contribution in [3.05, 3.63) is 54.1 Å². The second kappa shape index (κ2) is 25.2. The van der Waals surface area contributed by atoms with E-state index in [-0.39, 0.29) is 0 Å². The highest BCUT2D eigenvalue weighted by atomic mass is 15.1. The molecule has 1 aromatic carbocycles. The number of imidazole rings is 1. The van der Waals surface area contributed by atoms with Crippen molar-refractivity contribution in [3.8, 4) is 0 Å². The van der Waals surface area contributed by atoms with Gasteiger partial charge in [-0.15, -0.1) is 0 Å². The topological polar surface area (TPSA) is 8.81 Å². The van der Waals surface area contributed by atoms with Crippen LogP contribution in [0, 0.1) is 0 Å². The Morgan fingerprint density at radius 2 is 0.925 bits per heavy atom. The normalized spacial score (nSPS) is 11.4. The molecule has 0 spiro atoms. The van der Waals surface area contributed by atoms with Crippen LogP contribution in [-0.2, 0) is 19.5 Å². The first-order chi connectivity index (χ1) is 19.8. The molecule has 2 nitrogen and oxygen atoms in total. The summed E-state index contributed by atoms with van der Waals surface area (Å²) in [5.41, 5.74) is 1.41. The summed E-state index contributed by atoms with van der Waals surface area (Å²) in [5, 5.41) is 0. The minimum absolute atomic E-state index is 0.999. The van der Waals surface area contributed by atoms with Crippen molar-refractivity contribution in [2.75, 3.05) is 0 Å². The van der Waals surface area contributed by atoms with E-state index in [4.69, 9.17) is 0 Å². The van der Waals surface area contributed by atoms with Crippen molar-refractivity contribution in [3.63, 3.8) is 0 Å². The predicted molar refractivity (Wildman–Crippen MR) is 176 cm³/mol. The molecule has 0 amide bonds. The molecule has 0 saturated heterocycles. The molecule has 228 valence electrons. The lowest BCUT2D eigenvalue weighted by Gasteiger charge is -2.07. The van der Waals surface area contributed by atoms with Gasteiger partial charge in [0, 0.05) is 6.42 Å². The summed E-state index contributed by atoms with van der Waals surface area (Å²) in [7, 11) is 0. The average molecular weight is 552 g/mol. The fourth-order valence-electron chi connectivity index (χ4n) is 6.16. The van der Waals surface area contributed by atoms with Crippen LogP contribution in [0.25, 0.3) is 0 Å². The third-order valence-corrected chi connectivity index (χ3v) is 8.79. The van der Waals surface area contributed by atoms with Crippen LogP contribution in [0.2, 0.25) is 0 Å². The third kappa shape index (κ3) is 17.3. The molecule has 0 fully saturated rings. The first kappa shape index (κ1) is 34.6. The molecule has 0 radical (unpaired) electrons. The Hall–Kier alpha value is -1.57. The first-order valence-corrected chi connectivity index (χ1v) is 18.0. The second-order valence-electron chi connectivity index (χ2n) is 12.5. The highest BCUT2D eigenvalue weighted by molar-refractivity contribution is 5.15. The molecule has 0 unspecified atom stereocenters. The lowest BCUT2D eigenvalue weighted by atomic mass is 10.0. The number of hydrogen-bond donors (Lipinski definition) is 0.